The molecule has 0 aliphatic carbocycles. The Morgan fingerprint density at radius 2 is 2.27 bits per heavy atom. The van der Waals surface area contributed by atoms with Crippen LogP contribution in [-0.4, -0.2) is 4.98 Å². The Morgan fingerprint density at radius 3 is 2.93 bits per heavy atom. The molecule has 0 aliphatic rings. The normalized spacial score (nSPS) is 10.6. The van der Waals surface area contributed by atoms with Gasteiger partial charge in [0, 0.05) is 0 Å². The lowest BCUT2D eigenvalue weighted by atomic mass is 10.2. The van der Waals surface area contributed by atoms with Crippen molar-refractivity contribution in [3.63, 3.8) is 0 Å². The van der Waals surface area contributed by atoms with E-state index in [4.69, 9.17) is 16.0 Å². The summed E-state index contributed by atoms with van der Waals surface area (Å²) < 4.78 is 18.7. The second-order valence-electron chi connectivity index (χ2n) is 2.88. The van der Waals surface area contributed by atoms with Gasteiger partial charge in [-0.3, -0.25) is 0 Å². The van der Waals surface area contributed by atoms with Gasteiger partial charge in [-0.1, -0.05) is 6.07 Å². The van der Waals surface area contributed by atoms with Gasteiger partial charge in [0.05, 0.1) is 21.6 Å². The van der Waals surface area contributed by atoms with E-state index in [-0.39, 0.29) is 11.7 Å². The van der Waals surface area contributed by atoms with Crippen molar-refractivity contribution in [2.45, 2.75) is 5.88 Å². The Balaban J connectivity index is 2.49. The summed E-state index contributed by atoms with van der Waals surface area (Å²) in [4.78, 5) is 4.11. The van der Waals surface area contributed by atoms with Crippen molar-refractivity contribution in [3.8, 4) is 11.5 Å². The summed E-state index contributed by atoms with van der Waals surface area (Å²) in [5.74, 6) is 0.284. The fraction of sp³-hybridized carbons (Fsp3) is 0.100. The number of hydrogen-bond donors (Lipinski definition) is 0. The first kappa shape index (κ1) is 10.6. The maximum atomic E-state index is 13.2. The molecule has 0 fully saturated rings. The van der Waals surface area contributed by atoms with Crippen molar-refractivity contribution >= 4 is 27.5 Å². The second kappa shape index (κ2) is 4.33. The first-order valence-corrected chi connectivity index (χ1v) is 5.50. The maximum Gasteiger partial charge on any atom is 0.227 e. The molecule has 5 heteroatoms. The zero-order chi connectivity index (χ0) is 10.8. The summed E-state index contributed by atoms with van der Waals surface area (Å²) in [6.45, 7) is 0. The fourth-order valence-electron chi connectivity index (χ4n) is 1.16. The molecule has 0 amide bonds. The largest absolute Gasteiger partial charge is 0.444 e. The van der Waals surface area contributed by atoms with Crippen LogP contribution in [0.25, 0.3) is 11.5 Å². The minimum atomic E-state index is -0.349. The molecular formula is C10H6BrClFNO. The highest BCUT2D eigenvalue weighted by molar-refractivity contribution is 9.10. The topological polar surface area (TPSA) is 26.0 Å². The van der Waals surface area contributed by atoms with Crippen molar-refractivity contribution in [3.05, 3.63) is 40.4 Å². The van der Waals surface area contributed by atoms with Crippen LogP contribution in [0.3, 0.4) is 0 Å². The van der Waals surface area contributed by atoms with E-state index in [2.05, 4.69) is 20.9 Å². The molecule has 78 valence electrons. The van der Waals surface area contributed by atoms with E-state index in [9.17, 15) is 4.39 Å². The van der Waals surface area contributed by atoms with Crippen LogP contribution in [0.5, 0.6) is 0 Å². The van der Waals surface area contributed by atoms with E-state index >= 15 is 0 Å². The highest BCUT2D eigenvalue weighted by Crippen LogP contribution is 2.29. The molecule has 2 aromatic rings. The van der Waals surface area contributed by atoms with E-state index in [1.54, 1.807) is 12.1 Å². The van der Waals surface area contributed by atoms with Gasteiger partial charge in [-0.2, -0.15) is 0 Å². The van der Waals surface area contributed by atoms with Gasteiger partial charge in [-0.15, -0.1) is 11.6 Å². The lowest BCUT2D eigenvalue weighted by Crippen LogP contribution is -1.84. The van der Waals surface area contributed by atoms with E-state index in [1.165, 1.54) is 12.3 Å². The van der Waals surface area contributed by atoms with Crippen molar-refractivity contribution in [2.75, 3.05) is 0 Å². The van der Waals surface area contributed by atoms with Crippen LogP contribution in [0, 0.1) is 5.82 Å². The summed E-state index contributed by atoms with van der Waals surface area (Å²) in [6.07, 6.45) is 1.46. The third-order valence-corrected chi connectivity index (χ3v) is 2.95. The summed E-state index contributed by atoms with van der Waals surface area (Å²) in [5, 5.41) is 0. The van der Waals surface area contributed by atoms with E-state index in [0.29, 0.717) is 21.6 Å². The Morgan fingerprint density at radius 1 is 1.47 bits per heavy atom. The van der Waals surface area contributed by atoms with E-state index in [1.807, 2.05) is 0 Å². The third kappa shape index (κ3) is 2.06. The molecule has 15 heavy (non-hydrogen) atoms. The van der Waals surface area contributed by atoms with Crippen LogP contribution >= 0.6 is 27.5 Å². The Hall–Kier alpha value is -0.870. The van der Waals surface area contributed by atoms with Crippen LogP contribution in [0.2, 0.25) is 0 Å². The minimum Gasteiger partial charge on any atom is -0.444 e. The molecule has 0 unspecified atom stereocenters. The van der Waals surface area contributed by atoms with Crippen molar-refractivity contribution in [1.29, 1.82) is 0 Å². The summed E-state index contributed by atoms with van der Waals surface area (Å²) in [5.41, 5.74) is 1.20. The van der Waals surface area contributed by atoms with Crippen molar-refractivity contribution in [2.24, 2.45) is 0 Å². The molecular weight excluding hydrogens is 284 g/mol. The van der Waals surface area contributed by atoms with Gasteiger partial charge >= 0.3 is 0 Å². The Labute approximate surface area is 99.2 Å². The van der Waals surface area contributed by atoms with Crippen LogP contribution in [0.15, 0.2) is 33.4 Å². The summed E-state index contributed by atoms with van der Waals surface area (Å²) >= 11 is 8.73. The standard InChI is InChI=1S/C10H6BrClFNO/c11-9-7(2-1-3-8(9)13)10-14-6(4-12)5-15-10/h1-3,5H,4H2. The Kier molecular flexibility index (Phi) is 3.07. The SMILES string of the molecule is Fc1cccc(-c2nc(CCl)co2)c1Br. The molecule has 0 radical (unpaired) electrons. The van der Waals surface area contributed by atoms with E-state index < -0.39 is 0 Å². The predicted molar refractivity (Wildman–Crippen MR) is 59.2 cm³/mol. The molecule has 0 saturated heterocycles. The molecule has 0 bridgehead atoms. The average Bonchev–Trinajstić information content (AvgIpc) is 2.70. The Bertz CT molecular complexity index is 486. The first-order valence-electron chi connectivity index (χ1n) is 4.17. The van der Waals surface area contributed by atoms with Gasteiger partial charge in [0.2, 0.25) is 5.89 Å². The minimum absolute atomic E-state index is 0.274. The monoisotopic (exact) mass is 289 g/mol. The number of aromatic nitrogens is 1. The molecule has 1 aromatic carbocycles. The number of benzene rings is 1. The number of hydrogen-bond acceptors (Lipinski definition) is 2. The second-order valence-corrected chi connectivity index (χ2v) is 3.94. The molecule has 2 nitrogen and oxygen atoms in total. The highest BCUT2D eigenvalue weighted by Gasteiger charge is 2.12. The predicted octanol–water partition coefficient (Wildman–Crippen LogP) is 3.98. The molecule has 1 aromatic heterocycles. The highest BCUT2D eigenvalue weighted by atomic mass is 79.9. The van der Waals surface area contributed by atoms with Gasteiger partial charge in [0.15, 0.2) is 0 Å². The van der Waals surface area contributed by atoms with Crippen LogP contribution in [0.1, 0.15) is 5.69 Å². The fourth-order valence-corrected chi connectivity index (χ4v) is 1.72. The van der Waals surface area contributed by atoms with Gasteiger partial charge in [-0.05, 0) is 28.1 Å². The smallest absolute Gasteiger partial charge is 0.227 e. The van der Waals surface area contributed by atoms with E-state index in [0.717, 1.165) is 0 Å². The molecule has 2 rings (SSSR count). The van der Waals surface area contributed by atoms with Gasteiger partial charge in [0.25, 0.3) is 0 Å². The van der Waals surface area contributed by atoms with Gasteiger partial charge in [-0.25, -0.2) is 9.37 Å². The summed E-state index contributed by atoms with van der Waals surface area (Å²) in [7, 11) is 0. The number of halogens is 3. The third-order valence-electron chi connectivity index (χ3n) is 1.87. The molecule has 0 spiro atoms. The summed E-state index contributed by atoms with van der Waals surface area (Å²) in [6, 6.07) is 4.68. The molecule has 0 N–H and O–H groups in total. The van der Waals surface area contributed by atoms with Gasteiger partial charge in [0.1, 0.15) is 12.1 Å². The number of nitrogens with zero attached hydrogens (tertiary/aromatic N) is 1. The molecule has 1 heterocycles. The molecule has 0 atom stereocenters. The van der Waals surface area contributed by atoms with Gasteiger partial charge < -0.3 is 4.42 Å². The van der Waals surface area contributed by atoms with Crippen molar-refractivity contribution in [1.82, 2.24) is 4.98 Å². The number of rotatable bonds is 2. The van der Waals surface area contributed by atoms with Crippen LogP contribution < -0.4 is 0 Å². The zero-order valence-electron chi connectivity index (χ0n) is 7.51. The zero-order valence-corrected chi connectivity index (χ0v) is 9.85. The van der Waals surface area contributed by atoms with Crippen LogP contribution in [-0.2, 0) is 5.88 Å². The first-order chi connectivity index (χ1) is 7.22. The lowest BCUT2D eigenvalue weighted by molar-refractivity contribution is 0.570. The quantitative estimate of drug-likeness (QED) is 0.782. The number of oxazole rings is 1. The molecule has 0 aliphatic heterocycles. The number of alkyl halides is 1. The molecule has 0 saturated carbocycles. The van der Waals surface area contributed by atoms with Crippen molar-refractivity contribution < 1.29 is 8.81 Å². The lowest BCUT2D eigenvalue weighted by Gasteiger charge is -1.99. The average molecular weight is 291 g/mol. The maximum absolute atomic E-state index is 13.2. The van der Waals surface area contributed by atoms with Crippen LogP contribution in [0.4, 0.5) is 4.39 Å².